The van der Waals surface area contributed by atoms with E-state index < -0.39 is 39.7 Å². The van der Waals surface area contributed by atoms with E-state index in [-0.39, 0.29) is 12.3 Å². The third kappa shape index (κ3) is 4.15. The third-order valence-electron chi connectivity index (χ3n) is 2.69. The summed E-state index contributed by atoms with van der Waals surface area (Å²) in [5, 5.41) is 21.2. The maximum atomic E-state index is 11.4. The van der Waals surface area contributed by atoms with Crippen LogP contribution in [0.4, 0.5) is 4.79 Å². The van der Waals surface area contributed by atoms with Crippen molar-refractivity contribution in [3.63, 3.8) is 0 Å². The van der Waals surface area contributed by atoms with E-state index in [1.165, 1.54) is 0 Å². The van der Waals surface area contributed by atoms with Gasteiger partial charge in [0.05, 0.1) is 17.5 Å². The normalized spacial score (nSPS) is 23.3. The maximum absolute atomic E-state index is 11.4. The van der Waals surface area contributed by atoms with Crippen LogP contribution in [-0.2, 0) is 14.6 Å². The van der Waals surface area contributed by atoms with Crippen molar-refractivity contribution >= 4 is 21.8 Å². The number of rotatable bonds is 5. The van der Waals surface area contributed by atoms with E-state index in [1.54, 1.807) is 0 Å². The molecule has 9 heteroatoms. The molecular formula is C9H16N2O6S. The number of carboxylic acid groups (broad SMARTS) is 1. The zero-order valence-corrected chi connectivity index (χ0v) is 10.4. The molecule has 1 rings (SSSR count). The number of amides is 2. The molecule has 18 heavy (non-hydrogen) atoms. The molecule has 1 saturated heterocycles. The molecule has 2 atom stereocenters. The number of carbonyl (C=O) groups excluding carboxylic acids is 1. The average molecular weight is 280 g/mol. The van der Waals surface area contributed by atoms with Gasteiger partial charge in [-0.1, -0.05) is 0 Å². The van der Waals surface area contributed by atoms with Crippen molar-refractivity contribution in [3.8, 4) is 0 Å². The summed E-state index contributed by atoms with van der Waals surface area (Å²) in [4.78, 5) is 21.5. The number of sulfone groups is 1. The third-order valence-corrected chi connectivity index (χ3v) is 4.97. The lowest BCUT2D eigenvalue weighted by molar-refractivity contribution is -0.146. The molecule has 1 fully saturated rings. The molecule has 0 saturated carbocycles. The van der Waals surface area contributed by atoms with Crippen LogP contribution in [0.5, 0.6) is 0 Å². The van der Waals surface area contributed by atoms with E-state index in [0.29, 0.717) is 12.8 Å². The molecule has 104 valence electrons. The van der Waals surface area contributed by atoms with Gasteiger partial charge < -0.3 is 20.8 Å². The summed E-state index contributed by atoms with van der Waals surface area (Å²) in [5.74, 6) is -1.30. The molecule has 0 aromatic carbocycles. The van der Waals surface area contributed by atoms with E-state index in [9.17, 15) is 18.0 Å². The van der Waals surface area contributed by atoms with E-state index in [0.717, 1.165) is 0 Å². The van der Waals surface area contributed by atoms with Crippen molar-refractivity contribution in [2.24, 2.45) is 0 Å². The summed E-state index contributed by atoms with van der Waals surface area (Å²) >= 11 is 0. The maximum Gasteiger partial charge on any atom is 0.334 e. The summed E-state index contributed by atoms with van der Waals surface area (Å²) in [5.41, 5.74) is 0. The Bertz CT molecular complexity index is 421. The molecule has 8 nitrogen and oxygen atoms in total. The van der Waals surface area contributed by atoms with E-state index in [1.807, 2.05) is 0 Å². The molecule has 1 aliphatic heterocycles. The second-order valence-electron chi connectivity index (χ2n) is 4.08. The lowest BCUT2D eigenvalue weighted by Crippen LogP contribution is -2.44. The minimum atomic E-state index is -3.11. The molecular weight excluding hydrogens is 264 g/mol. The van der Waals surface area contributed by atoms with Crippen LogP contribution in [0.25, 0.3) is 0 Å². The van der Waals surface area contributed by atoms with Gasteiger partial charge in [0.25, 0.3) is 0 Å². The van der Waals surface area contributed by atoms with Crippen molar-refractivity contribution in [1.29, 1.82) is 0 Å². The Morgan fingerprint density at radius 1 is 1.33 bits per heavy atom. The molecule has 0 aromatic heterocycles. The Morgan fingerprint density at radius 2 is 2.00 bits per heavy atom. The number of carbonyl (C=O) groups is 2. The number of carboxylic acids is 1. The average Bonchev–Trinajstić information content (AvgIpc) is 2.62. The van der Waals surface area contributed by atoms with Crippen LogP contribution in [0.2, 0.25) is 0 Å². The Labute approximate surface area is 104 Å². The molecule has 4 N–H and O–H groups in total. The van der Waals surface area contributed by atoms with Crippen molar-refractivity contribution in [3.05, 3.63) is 0 Å². The molecule has 0 aliphatic carbocycles. The quantitative estimate of drug-likeness (QED) is 0.475. The Hall–Kier alpha value is -1.35. The molecule has 0 bridgehead atoms. The summed E-state index contributed by atoms with van der Waals surface area (Å²) < 4.78 is 22.9. The monoisotopic (exact) mass is 280 g/mol. The Balaban J connectivity index is 2.27. The van der Waals surface area contributed by atoms with Crippen molar-refractivity contribution in [2.75, 3.05) is 18.8 Å². The van der Waals surface area contributed by atoms with Gasteiger partial charge in [-0.3, -0.25) is 0 Å². The number of urea groups is 1. The molecule has 0 spiro atoms. The Kier molecular flexibility index (Phi) is 4.91. The first kappa shape index (κ1) is 14.7. The molecule has 2 amide bonds. The van der Waals surface area contributed by atoms with Gasteiger partial charge in [0.2, 0.25) is 0 Å². The number of nitrogens with one attached hydrogen (secondary N) is 2. The van der Waals surface area contributed by atoms with Gasteiger partial charge in [-0.15, -0.1) is 0 Å². The van der Waals surface area contributed by atoms with Gasteiger partial charge in [0.15, 0.2) is 15.9 Å². The van der Waals surface area contributed by atoms with Gasteiger partial charge >= 0.3 is 12.0 Å². The minimum absolute atomic E-state index is 0.00265. The second-order valence-corrected chi connectivity index (χ2v) is 6.48. The first-order valence-corrected chi connectivity index (χ1v) is 7.18. The zero-order chi connectivity index (χ0) is 13.8. The number of hydrogen-bond acceptors (Lipinski definition) is 5. The molecule has 1 heterocycles. The summed E-state index contributed by atoms with van der Waals surface area (Å²) in [6.45, 7) is -0.435. The topological polar surface area (TPSA) is 133 Å². The van der Waals surface area contributed by atoms with Crippen molar-refractivity contribution < 1.29 is 28.2 Å². The van der Waals surface area contributed by atoms with Gasteiger partial charge in [-0.25, -0.2) is 18.0 Å². The summed E-state index contributed by atoms with van der Waals surface area (Å²) in [6.07, 6.45) is -0.569. The van der Waals surface area contributed by atoms with Crippen LogP contribution in [-0.4, -0.2) is 60.8 Å². The summed E-state index contributed by atoms with van der Waals surface area (Å²) in [6, 6.07) is -0.697. The van der Waals surface area contributed by atoms with Gasteiger partial charge in [0, 0.05) is 6.54 Å². The second kappa shape index (κ2) is 6.01. The predicted molar refractivity (Wildman–Crippen MR) is 61.9 cm³/mol. The van der Waals surface area contributed by atoms with Crippen LogP contribution >= 0.6 is 0 Å². The number of aliphatic hydroxyl groups is 1. The molecule has 1 aliphatic rings. The first-order chi connectivity index (χ1) is 8.33. The highest BCUT2D eigenvalue weighted by molar-refractivity contribution is 7.92. The van der Waals surface area contributed by atoms with Crippen LogP contribution < -0.4 is 10.6 Å². The lowest BCUT2D eigenvalue weighted by atomic mass is 10.2. The fraction of sp³-hybridized carbons (Fsp3) is 0.778. The van der Waals surface area contributed by atoms with Crippen molar-refractivity contribution in [1.82, 2.24) is 10.6 Å². The highest BCUT2D eigenvalue weighted by atomic mass is 32.2. The standard InChI is InChI=1S/C9H16N2O6S/c12-7(8(13)14)5-11-9(15)10-4-6-2-1-3-18(6,16)17/h6-7,12H,1-5H2,(H,13,14)(H2,10,11,15)/t6?,7-/m0/s1. The van der Waals surface area contributed by atoms with E-state index >= 15 is 0 Å². The molecule has 0 radical (unpaired) electrons. The smallest absolute Gasteiger partial charge is 0.334 e. The fourth-order valence-corrected chi connectivity index (χ4v) is 3.40. The van der Waals surface area contributed by atoms with Gasteiger partial charge in [-0.2, -0.15) is 0 Å². The van der Waals surface area contributed by atoms with Crippen LogP contribution in [0.3, 0.4) is 0 Å². The fourth-order valence-electron chi connectivity index (χ4n) is 1.63. The Morgan fingerprint density at radius 3 is 2.50 bits per heavy atom. The SMILES string of the molecule is O=C(NCC1CCCS1(=O)=O)NC[C@H](O)C(=O)O. The highest BCUT2D eigenvalue weighted by Gasteiger charge is 2.31. The number of aliphatic hydroxyl groups excluding tert-OH is 1. The van der Waals surface area contributed by atoms with Crippen LogP contribution in [0.15, 0.2) is 0 Å². The predicted octanol–water partition coefficient (Wildman–Crippen LogP) is -1.69. The minimum Gasteiger partial charge on any atom is -0.479 e. The van der Waals surface area contributed by atoms with E-state index in [4.69, 9.17) is 10.2 Å². The van der Waals surface area contributed by atoms with E-state index in [2.05, 4.69) is 10.6 Å². The molecule has 1 unspecified atom stereocenters. The number of aliphatic carboxylic acids is 1. The van der Waals surface area contributed by atoms with Gasteiger partial charge in [-0.05, 0) is 12.8 Å². The molecule has 0 aromatic rings. The first-order valence-electron chi connectivity index (χ1n) is 5.47. The number of hydrogen-bond donors (Lipinski definition) is 4. The largest absolute Gasteiger partial charge is 0.479 e. The van der Waals surface area contributed by atoms with Crippen LogP contribution in [0.1, 0.15) is 12.8 Å². The zero-order valence-electron chi connectivity index (χ0n) is 9.63. The summed E-state index contributed by atoms with van der Waals surface area (Å²) in [7, 11) is -3.11. The lowest BCUT2D eigenvalue weighted by Gasteiger charge is -2.12. The highest BCUT2D eigenvalue weighted by Crippen LogP contribution is 2.18. The van der Waals surface area contributed by atoms with Crippen molar-refractivity contribution in [2.45, 2.75) is 24.2 Å². The van der Waals surface area contributed by atoms with Crippen LogP contribution in [0, 0.1) is 0 Å². The van der Waals surface area contributed by atoms with Gasteiger partial charge in [0.1, 0.15) is 0 Å².